The highest BCUT2D eigenvalue weighted by Gasteiger charge is 2.24. The van der Waals surface area contributed by atoms with Crippen molar-refractivity contribution in [2.45, 2.75) is 30.9 Å². The number of benzene rings is 2. The second-order valence-corrected chi connectivity index (χ2v) is 12.0. The molecular weight excluding hydrogens is 532 g/mol. The number of nitrogens with zero attached hydrogens (tertiary/aromatic N) is 2. The smallest absolute Gasteiger partial charge is 0.316 e. The molecule has 9 heteroatoms. The Hall–Kier alpha value is -3.45. The van der Waals surface area contributed by atoms with Crippen LogP contribution in [0, 0.1) is 11.3 Å². The lowest BCUT2D eigenvalue weighted by Gasteiger charge is -2.18. The van der Waals surface area contributed by atoms with Crippen LogP contribution in [0.2, 0.25) is 0 Å². The quantitative estimate of drug-likeness (QED) is 0.100. The van der Waals surface area contributed by atoms with Gasteiger partial charge >= 0.3 is 5.97 Å². The van der Waals surface area contributed by atoms with Crippen molar-refractivity contribution in [1.82, 2.24) is 4.98 Å². The molecule has 1 heterocycles. The molecule has 1 unspecified atom stereocenters. The van der Waals surface area contributed by atoms with E-state index < -0.39 is 21.9 Å². The molecule has 204 valence electrons. The highest BCUT2D eigenvalue weighted by molar-refractivity contribution is 8.00. The summed E-state index contributed by atoms with van der Waals surface area (Å²) >= 11 is 1.09. The molecule has 0 spiro atoms. The lowest BCUT2D eigenvalue weighted by atomic mass is 9.99. The van der Waals surface area contributed by atoms with Crippen molar-refractivity contribution in [2.75, 3.05) is 30.5 Å². The van der Waals surface area contributed by atoms with Crippen molar-refractivity contribution in [2.24, 2.45) is 0 Å². The van der Waals surface area contributed by atoms with Gasteiger partial charge in [-0.1, -0.05) is 91.8 Å². The van der Waals surface area contributed by atoms with E-state index in [0.29, 0.717) is 28.3 Å². The van der Waals surface area contributed by atoms with Crippen LogP contribution in [0.25, 0.3) is 22.4 Å². The van der Waals surface area contributed by atoms with Crippen LogP contribution in [0.15, 0.2) is 84.4 Å². The summed E-state index contributed by atoms with van der Waals surface area (Å²) < 4.78 is 35.9. The van der Waals surface area contributed by atoms with Gasteiger partial charge in [-0.05, 0) is 18.1 Å². The van der Waals surface area contributed by atoms with Gasteiger partial charge in [0, 0.05) is 11.1 Å². The van der Waals surface area contributed by atoms with Crippen LogP contribution in [-0.2, 0) is 24.1 Å². The Kier molecular flexibility index (Phi) is 11.7. The Morgan fingerprint density at radius 1 is 1.13 bits per heavy atom. The Morgan fingerprint density at radius 3 is 2.41 bits per heavy atom. The number of sulfone groups is 1. The molecule has 0 fully saturated rings. The largest absolute Gasteiger partial charge is 0.458 e. The number of rotatable bonds is 15. The van der Waals surface area contributed by atoms with E-state index in [4.69, 9.17) is 14.5 Å². The maximum atomic E-state index is 12.8. The van der Waals surface area contributed by atoms with Crippen LogP contribution in [0.5, 0.6) is 0 Å². The van der Waals surface area contributed by atoms with Crippen LogP contribution in [0.3, 0.4) is 0 Å². The number of nitriles is 1. The van der Waals surface area contributed by atoms with E-state index in [2.05, 4.69) is 12.6 Å². The maximum Gasteiger partial charge on any atom is 0.316 e. The number of ether oxygens (including phenoxy) is 2. The Bertz CT molecular complexity index is 1390. The SMILES string of the molecule is C=CCOCC(CS(=O)(=O)CCCC)OC(=O)CSc1nc(-c2ccccc2)cc(-c2ccccc2)c1C#N. The number of hydrogen-bond acceptors (Lipinski definition) is 8. The summed E-state index contributed by atoms with van der Waals surface area (Å²) in [5.41, 5.74) is 3.46. The van der Waals surface area contributed by atoms with Crippen molar-refractivity contribution >= 4 is 27.6 Å². The third kappa shape index (κ3) is 9.36. The number of esters is 1. The average molecular weight is 565 g/mol. The van der Waals surface area contributed by atoms with Crippen LogP contribution in [0.1, 0.15) is 25.3 Å². The molecule has 1 atom stereocenters. The number of unbranched alkanes of at least 4 members (excludes halogenated alkanes) is 1. The van der Waals surface area contributed by atoms with Crippen LogP contribution in [0.4, 0.5) is 0 Å². The van der Waals surface area contributed by atoms with Crippen molar-refractivity contribution in [3.8, 4) is 28.5 Å². The van der Waals surface area contributed by atoms with Gasteiger partial charge in [0.05, 0.1) is 41.7 Å². The summed E-state index contributed by atoms with van der Waals surface area (Å²) in [7, 11) is -3.42. The average Bonchev–Trinajstić information content (AvgIpc) is 2.95. The first kappa shape index (κ1) is 30.1. The Labute approximate surface area is 234 Å². The van der Waals surface area contributed by atoms with E-state index in [0.717, 1.165) is 29.3 Å². The lowest BCUT2D eigenvalue weighted by Crippen LogP contribution is -2.33. The van der Waals surface area contributed by atoms with Crippen LogP contribution >= 0.6 is 11.8 Å². The molecule has 2 aromatic carbocycles. The third-order valence-electron chi connectivity index (χ3n) is 5.67. The zero-order valence-electron chi connectivity index (χ0n) is 21.9. The summed E-state index contributed by atoms with van der Waals surface area (Å²) in [6.07, 6.45) is 1.88. The fourth-order valence-electron chi connectivity index (χ4n) is 3.81. The van der Waals surface area contributed by atoms with Crippen LogP contribution in [-0.4, -0.2) is 55.9 Å². The summed E-state index contributed by atoms with van der Waals surface area (Å²) in [6, 6.07) is 23.2. The first-order valence-corrected chi connectivity index (χ1v) is 15.4. The number of pyridine rings is 1. The predicted molar refractivity (Wildman–Crippen MR) is 155 cm³/mol. The number of thioether (sulfide) groups is 1. The number of hydrogen-bond donors (Lipinski definition) is 0. The van der Waals surface area contributed by atoms with Gasteiger partial charge in [0.15, 0.2) is 9.84 Å². The molecule has 0 aliphatic heterocycles. The molecule has 0 bridgehead atoms. The number of carbonyl (C=O) groups excluding carboxylic acids is 1. The van der Waals surface area contributed by atoms with E-state index >= 15 is 0 Å². The van der Waals surface area contributed by atoms with Crippen LogP contribution < -0.4 is 0 Å². The van der Waals surface area contributed by atoms with Gasteiger partial charge in [-0.2, -0.15) is 5.26 Å². The highest BCUT2D eigenvalue weighted by Crippen LogP contribution is 2.34. The van der Waals surface area contributed by atoms with Crippen molar-refractivity contribution in [3.63, 3.8) is 0 Å². The van der Waals surface area contributed by atoms with Crippen molar-refractivity contribution in [3.05, 3.63) is 84.9 Å². The molecule has 39 heavy (non-hydrogen) atoms. The zero-order valence-corrected chi connectivity index (χ0v) is 23.5. The van der Waals surface area contributed by atoms with Gasteiger partial charge in [-0.25, -0.2) is 13.4 Å². The molecule has 3 rings (SSSR count). The van der Waals surface area contributed by atoms with E-state index in [1.54, 1.807) is 6.08 Å². The minimum atomic E-state index is -3.42. The molecular formula is C30H32N2O5S2. The maximum absolute atomic E-state index is 12.8. The summed E-state index contributed by atoms with van der Waals surface area (Å²) in [4.78, 5) is 17.6. The molecule has 0 radical (unpaired) electrons. The summed E-state index contributed by atoms with van der Waals surface area (Å²) in [5.74, 6) is -1.06. The van der Waals surface area contributed by atoms with E-state index in [-0.39, 0.29) is 30.5 Å². The second kappa shape index (κ2) is 15.2. The molecule has 0 N–H and O–H groups in total. The lowest BCUT2D eigenvalue weighted by molar-refractivity contribution is -0.147. The van der Waals surface area contributed by atoms with Gasteiger partial charge in [-0.15, -0.1) is 6.58 Å². The molecule has 3 aromatic rings. The standard InChI is InChI=1S/C30H32N2O5S2/c1-3-5-17-39(34,35)22-25(20-36-16-4-2)37-29(33)21-38-30-27(19-31)26(23-12-8-6-9-13-23)18-28(32-30)24-14-10-7-11-15-24/h4,6-15,18,25H,2-3,5,16-17,20-22H2,1H3. The second-order valence-electron chi connectivity index (χ2n) is 8.77. The van der Waals surface area contributed by atoms with Gasteiger partial charge in [-0.3, -0.25) is 4.79 Å². The fraction of sp³-hybridized carbons (Fsp3) is 0.300. The van der Waals surface area contributed by atoms with Crippen molar-refractivity contribution < 1.29 is 22.7 Å². The zero-order chi connectivity index (χ0) is 28.1. The molecule has 0 saturated heterocycles. The summed E-state index contributed by atoms with van der Waals surface area (Å²) in [6.45, 7) is 5.65. The summed E-state index contributed by atoms with van der Waals surface area (Å²) in [5, 5.41) is 10.4. The topological polar surface area (TPSA) is 106 Å². The monoisotopic (exact) mass is 564 g/mol. The van der Waals surface area contributed by atoms with Gasteiger partial charge in [0.25, 0.3) is 0 Å². The first-order valence-electron chi connectivity index (χ1n) is 12.6. The predicted octanol–water partition coefficient (Wildman–Crippen LogP) is 5.71. The highest BCUT2D eigenvalue weighted by atomic mass is 32.2. The van der Waals surface area contributed by atoms with Crippen molar-refractivity contribution in [1.29, 1.82) is 5.26 Å². The molecule has 0 saturated carbocycles. The van der Waals surface area contributed by atoms with Gasteiger partial charge in [0.1, 0.15) is 17.2 Å². The van der Waals surface area contributed by atoms with Gasteiger partial charge < -0.3 is 9.47 Å². The first-order chi connectivity index (χ1) is 18.9. The van der Waals surface area contributed by atoms with E-state index in [1.807, 2.05) is 73.7 Å². The van der Waals surface area contributed by atoms with E-state index in [1.165, 1.54) is 0 Å². The molecule has 7 nitrogen and oxygen atoms in total. The molecule has 0 aliphatic rings. The Balaban J connectivity index is 1.84. The Morgan fingerprint density at radius 2 is 1.79 bits per heavy atom. The third-order valence-corrected chi connectivity index (χ3v) is 8.40. The number of carbonyl (C=O) groups is 1. The molecule has 0 aliphatic carbocycles. The minimum absolute atomic E-state index is 0.0255. The fourth-order valence-corrected chi connectivity index (χ4v) is 6.22. The number of aromatic nitrogens is 1. The van der Waals surface area contributed by atoms with E-state index in [9.17, 15) is 18.5 Å². The molecule has 0 amide bonds. The van der Waals surface area contributed by atoms with Gasteiger partial charge in [0.2, 0.25) is 0 Å². The minimum Gasteiger partial charge on any atom is -0.458 e. The molecule has 1 aromatic heterocycles. The normalized spacial score (nSPS) is 11.9.